The van der Waals surface area contributed by atoms with Gasteiger partial charge < -0.3 is 4.74 Å². The first kappa shape index (κ1) is 12.2. The molecule has 0 saturated carbocycles. The van der Waals surface area contributed by atoms with Gasteiger partial charge in [-0.25, -0.2) is 0 Å². The Labute approximate surface area is 101 Å². The Balaban J connectivity index is 2.48. The van der Waals surface area contributed by atoms with E-state index in [1.165, 1.54) is 7.05 Å². The normalized spacial score (nSPS) is 17.4. The Morgan fingerprint density at radius 1 is 1.41 bits per heavy atom. The summed E-state index contributed by atoms with van der Waals surface area (Å²) in [6.45, 7) is 4.62. The average molecular weight is 257 g/mol. The lowest BCUT2D eigenvalue weighted by atomic mass is 9.87. The fourth-order valence-electron chi connectivity index (χ4n) is 1.84. The Bertz CT molecular complexity index is 551. The third-order valence-electron chi connectivity index (χ3n) is 2.99. The van der Waals surface area contributed by atoms with Crippen molar-refractivity contribution in [3.63, 3.8) is 0 Å². The van der Waals surface area contributed by atoms with E-state index in [9.17, 15) is 8.42 Å². The number of anilines is 1. The van der Waals surface area contributed by atoms with E-state index in [0.29, 0.717) is 12.3 Å². The van der Waals surface area contributed by atoms with Gasteiger partial charge in [0, 0.05) is 18.0 Å². The van der Waals surface area contributed by atoms with Crippen LogP contribution in [-0.4, -0.2) is 26.6 Å². The molecule has 0 aliphatic carbocycles. The molecule has 1 aromatic rings. The number of fused-ring (bicyclic) bond motifs is 1. The van der Waals surface area contributed by atoms with Crippen LogP contribution in [-0.2, 0) is 15.7 Å². The van der Waals surface area contributed by atoms with Gasteiger partial charge >= 0.3 is 10.3 Å². The highest BCUT2D eigenvalue weighted by Gasteiger charge is 2.32. The van der Waals surface area contributed by atoms with E-state index in [1.807, 2.05) is 13.8 Å². The zero-order valence-electron chi connectivity index (χ0n) is 9.97. The molecule has 0 unspecified atom stereocenters. The maximum absolute atomic E-state index is 11.0. The van der Waals surface area contributed by atoms with Crippen LogP contribution in [0, 0.1) is 0 Å². The molecule has 0 fully saturated rings. The Morgan fingerprint density at radius 3 is 2.65 bits per heavy atom. The molecule has 0 radical (unpaired) electrons. The van der Waals surface area contributed by atoms with Crippen molar-refractivity contribution in [2.45, 2.75) is 19.3 Å². The lowest BCUT2D eigenvalue weighted by molar-refractivity contribution is 0.291. The Kier molecular flexibility index (Phi) is 2.59. The Hall–Kier alpha value is -1.27. The molecule has 17 heavy (non-hydrogen) atoms. The highest BCUT2D eigenvalue weighted by atomic mass is 32.2. The van der Waals surface area contributed by atoms with E-state index in [1.54, 1.807) is 18.2 Å². The van der Waals surface area contributed by atoms with Crippen LogP contribution in [0.25, 0.3) is 0 Å². The smallest absolute Gasteiger partial charge is 0.359 e. The van der Waals surface area contributed by atoms with E-state index in [0.717, 1.165) is 15.6 Å². The monoisotopic (exact) mass is 257 g/mol. The largest absolute Gasteiger partial charge is 0.492 e. The van der Waals surface area contributed by atoms with Gasteiger partial charge in [0.25, 0.3) is 0 Å². The summed E-state index contributed by atoms with van der Waals surface area (Å²) in [6, 6.07) is 5.06. The molecule has 1 aromatic carbocycles. The summed E-state index contributed by atoms with van der Waals surface area (Å²) in [7, 11) is -2.91. The van der Waals surface area contributed by atoms with E-state index in [4.69, 9.17) is 9.29 Å². The van der Waals surface area contributed by atoms with Crippen molar-refractivity contribution in [2.75, 3.05) is 18.0 Å². The third-order valence-corrected chi connectivity index (χ3v) is 3.89. The molecule has 2 rings (SSSR count). The molecule has 1 aliphatic heterocycles. The first-order valence-corrected chi connectivity index (χ1v) is 6.60. The number of nitrogens with zero attached hydrogens (tertiary/aromatic N) is 1. The molecule has 0 bridgehead atoms. The molecule has 0 amide bonds. The molecular weight excluding hydrogens is 242 g/mol. The summed E-state index contributed by atoms with van der Waals surface area (Å²) >= 11 is 0. The fourth-order valence-corrected chi connectivity index (χ4v) is 2.22. The lowest BCUT2D eigenvalue weighted by Crippen LogP contribution is -2.26. The standard InChI is InChI=1S/C11H15NO4S/c1-11(2)7-16-10-5-4-8(6-9(10)11)12(3)17(13,14)15/h4-6H,7H2,1-3H3,(H,13,14,15). The van der Waals surface area contributed by atoms with E-state index in [-0.39, 0.29) is 5.41 Å². The summed E-state index contributed by atoms with van der Waals surface area (Å²) in [5.41, 5.74) is 1.22. The van der Waals surface area contributed by atoms with Crippen molar-refractivity contribution in [3.8, 4) is 5.75 Å². The van der Waals surface area contributed by atoms with Crippen LogP contribution in [0.2, 0.25) is 0 Å². The van der Waals surface area contributed by atoms with Gasteiger partial charge in [0.15, 0.2) is 0 Å². The molecule has 0 aromatic heterocycles. The lowest BCUT2D eigenvalue weighted by Gasteiger charge is -2.19. The second-order valence-corrected chi connectivity index (χ2v) is 6.24. The maximum atomic E-state index is 11.0. The zero-order chi connectivity index (χ0) is 12.8. The average Bonchev–Trinajstić information content (AvgIpc) is 2.52. The van der Waals surface area contributed by atoms with E-state index < -0.39 is 10.3 Å². The van der Waals surface area contributed by atoms with Crippen LogP contribution in [0.5, 0.6) is 5.75 Å². The van der Waals surface area contributed by atoms with Gasteiger partial charge in [-0.3, -0.25) is 8.86 Å². The topological polar surface area (TPSA) is 66.8 Å². The summed E-state index contributed by atoms with van der Waals surface area (Å²) < 4.78 is 37.4. The number of hydrogen-bond donors (Lipinski definition) is 1. The zero-order valence-corrected chi connectivity index (χ0v) is 10.8. The Morgan fingerprint density at radius 2 is 2.06 bits per heavy atom. The highest BCUT2D eigenvalue weighted by molar-refractivity contribution is 7.87. The van der Waals surface area contributed by atoms with Gasteiger partial charge in [0.1, 0.15) is 5.75 Å². The van der Waals surface area contributed by atoms with Gasteiger partial charge in [0.2, 0.25) is 0 Å². The van der Waals surface area contributed by atoms with Gasteiger partial charge in [-0.15, -0.1) is 0 Å². The molecule has 94 valence electrons. The van der Waals surface area contributed by atoms with Gasteiger partial charge in [-0.05, 0) is 18.2 Å². The molecule has 1 aliphatic rings. The predicted molar refractivity (Wildman–Crippen MR) is 64.9 cm³/mol. The molecule has 0 atom stereocenters. The van der Waals surface area contributed by atoms with Crippen LogP contribution in [0.15, 0.2) is 18.2 Å². The SMILES string of the molecule is CN(c1ccc2c(c1)C(C)(C)CO2)S(=O)(=O)O. The van der Waals surface area contributed by atoms with Crippen molar-refractivity contribution in [2.24, 2.45) is 0 Å². The number of rotatable bonds is 2. The van der Waals surface area contributed by atoms with Crippen LogP contribution < -0.4 is 9.04 Å². The molecule has 5 nitrogen and oxygen atoms in total. The molecule has 1 N–H and O–H groups in total. The van der Waals surface area contributed by atoms with Gasteiger partial charge in [-0.1, -0.05) is 13.8 Å². The highest BCUT2D eigenvalue weighted by Crippen LogP contribution is 2.40. The first-order chi connectivity index (χ1) is 7.72. The maximum Gasteiger partial charge on any atom is 0.359 e. The van der Waals surface area contributed by atoms with Crippen LogP contribution in [0.4, 0.5) is 5.69 Å². The second-order valence-electron chi connectivity index (χ2n) is 4.80. The number of hydrogen-bond acceptors (Lipinski definition) is 3. The minimum atomic E-state index is -4.22. The molecule has 6 heteroatoms. The van der Waals surface area contributed by atoms with Crippen LogP contribution in [0.1, 0.15) is 19.4 Å². The van der Waals surface area contributed by atoms with E-state index >= 15 is 0 Å². The van der Waals surface area contributed by atoms with Crippen molar-refractivity contribution >= 4 is 16.0 Å². The second kappa shape index (κ2) is 3.61. The quantitative estimate of drug-likeness (QED) is 0.817. The first-order valence-electron chi connectivity index (χ1n) is 5.20. The van der Waals surface area contributed by atoms with Crippen molar-refractivity contribution < 1.29 is 17.7 Å². The summed E-state index contributed by atoms with van der Waals surface area (Å²) in [4.78, 5) is 0. The van der Waals surface area contributed by atoms with Gasteiger partial charge in [-0.2, -0.15) is 8.42 Å². The third kappa shape index (κ3) is 2.10. The number of ether oxygens (including phenoxy) is 1. The number of benzene rings is 1. The van der Waals surface area contributed by atoms with Crippen LogP contribution in [0.3, 0.4) is 0 Å². The van der Waals surface area contributed by atoms with E-state index in [2.05, 4.69) is 0 Å². The predicted octanol–water partition coefficient (Wildman–Crippen LogP) is 1.60. The molecule has 0 spiro atoms. The minimum Gasteiger partial charge on any atom is -0.492 e. The van der Waals surface area contributed by atoms with Crippen molar-refractivity contribution in [1.29, 1.82) is 0 Å². The minimum absolute atomic E-state index is 0.147. The summed E-state index contributed by atoms with van der Waals surface area (Å²) in [5, 5.41) is 0. The molecule has 1 heterocycles. The molecular formula is C11H15NO4S. The summed E-state index contributed by atoms with van der Waals surface area (Å²) in [6.07, 6.45) is 0. The van der Waals surface area contributed by atoms with Crippen molar-refractivity contribution in [3.05, 3.63) is 23.8 Å². The molecule has 0 saturated heterocycles. The fraction of sp³-hybridized carbons (Fsp3) is 0.455. The summed E-state index contributed by atoms with van der Waals surface area (Å²) in [5.74, 6) is 0.766. The van der Waals surface area contributed by atoms with Crippen molar-refractivity contribution in [1.82, 2.24) is 0 Å². The van der Waals surface area contributed by atoms with Gasteiger partial charge in [0.05, 0.1) is 12.3 Å². The van der Waals surface area contributed by atoms with Crippen LogP contribution >= 0.6 is 0 Å².